The summed E-state index contributed by atoms with van der Waals surface area (Å²) < 4.78 is 0.778. The second-order valence-corrected chi connectivity index (χ2v) is 5.45. The molecule has 0 atom stereocenters. The first-order valence-electron chi connectivity index (χ1n) is 6.41. The van der Waals surface area contributed by atoms with Crippen molar-refractivity contribution in [2.24, 2.45) is 0 Å². The van der Waals surface area contributed by atoms with Gasteiger partial charge in [0.1, 0.15) is 0 Å². The van der Waals surface area contributed by atoms with E-state index in [0.717, 1.165) is 10.0 Å². The molecule has 0 aliphatic rings. The van der Waals surface area contributed by atoms with Gasteiger partial charge in [-0.2, -0.15) is 0 Å². The maximum Gasteiger partial charge on any atom is 0.256 e. The molecular formula is C16H15BrN2O2. The molecule has 0 saturated heterocycles. The van der Waals surface area contributed by atoms with Gasteiger partial charge in [0.05, 0.1) is 5.56 Å². The molecule has 21 heavy (non-hydrogen) atoms. The number of aryl methyl sites for hydroxylation is 1. The summed E-state index contributed by atoms with van der Waals surface area (Å²) in [5.41, 5.74) is 2.83. The van der Waals surface area contributed by atoms with Crippen molar-refractivity contribution in [3.8, 4) is 0 Å². The van der Waals surface area contributed by atoms with Gasteiger partial charge in [0.2, 0.25) is 5.91 Å². The van der Waals surface area contributed by atoms with E-state index in [1.165, 1.54) is 6.92 Å². The first-order chi connectivity index (χ1) is 9.97. The Morgan fingerprint density at radius 2 is 1.62 bits per heavy atom. The van der Waals surface area contributed by atoms with Gasteiger partial charge in [-0.05, 0) is 52.7 Å². The molecule has 4 nitrogen and oxygen atoms in total. The van der Waals surface area contributed by atoms with E-state index in [1.807, 2.05) is 19.1 Å². The Bertz CT molecular complexity index is 698. The zero-order valence-corrected chi connectivity index (χ0v) is 13.3. The minimum atomic E-state index is -0.203. The highest BCUT2D eigenvalue weighted by Crippen LogP contribution is 2.23. The summed E-state index contributed by atoms with van der Waals surface area (Å²) in [7, 11) is 0. The SMILES string of the molecule is CC(=O)Nc1cccc(NC(=O)c2cccc(C)c2Br)c1. The molecule has 0 aliphatic carbocycles. The van der Waals surface area contributed by atoms with Crippen LogP contribution in [0.25, 0.3) is 0 Å². The standard InChI is InChI=1S/C16H15BrN2O2/c1-10-5-3-8-14(15(10)17)16(21)19-13-7-4-6-12(9-13)18-11(2)20/h3-9H,1-2H3,(H,18,20)(H,19,21). The molecule has 0 aliphatic heterocycles. The lowest BCUT2D eigenvalue weighted by atomic mass is 10.1. The Morgan fingerprint density at radius 1 is 1.00 bits per heavy atom. The molecule has 0 fully saturated rings. The van der Waals surface area contributed by atoms with Crippen molar-refractivity contribution in [3.63, 3.8) is 0 Å². The van der Waals surface area contributed by atoms with E-state index in [1.54, 1.807) is 30.3 Å². The molecule has 108 valence electrons. The van der Waals surface area contributed by atoms with Crippen molar-refractivity contribution in [2.45, 2.75) is 13.8 Å². The summed E-state index contributed by atoms with van der Waals surface area (Å²) in [4.78, 5) is 23.3. The molecule has 0 saturated carbocycles. The minimum Gasteiger partial charge on any atom is -0.326 e. The third-order valence-corrected chi connectivity index (χ3v) is 3.93. The predicted molar refractivity (Wildman–Crippen MR) is 87.6 cm³/mol. The average molecular weight is 347 g/mol. The van der Waals surface area contributed by atoms with Gasteiger partial charge < -0.3 is 10.6 Å². The molecule has 2 aromatic carbocycles. The van der Waals surface area contributed by atoms with Gasteiger partial charge in [-0.25, -0.2) is 0 Å². The quantitative estimate of drug-likeness (QED) is 0.883. The summed E-state index contributed by atoms with van der Waals surface area (Å²) in [6, 6.07) is 12.5. The van der Waals surface area contributed by atoms with Crippen molar-refractivity contribution in [2.75, 3.05) is 10.6 Å². The van der Waals surface area contributed by atoms with Crippen LogP contribution in [0.5, 0.6) is 0 Å². The number of amides is 2. The molecule has 2 rings (SSSR count). The molecule has 0 unspecified atom stereocenters. The van der Waals surface area contributed by atoms with Crippen LogP contribution in [-0.4, -0.2) is 11.8 Å². The lowest BCUT2D eigenvalue weighted by Crippen LogP contribution is -2.13. The second kappa shape index (κ2) is 6.54. The largest absolute Gasteiger partial charge is 0.326 e. The first-order valence-corrected chi connectivity index (χ1v) is 7.21. The number of nitrogens with one attached hydrogen (secondary N) is 2. The molecule has 2 amide bonds. The maximum atomic E-state index is 12.3. The van der Waals surface area contributed by atoms with Gasteiger partial charge in [-0.15, -0.1) is 0 Å². The average Bonchev–Trinajstić information content (AvgIpc) is 2.41. The van der Waals surface area contributed by atoms with Gasteiger partial charge in [0.15, 0.2) is 0 Å². The predicted octanol–water partition coefficient (Wildman–Crippen LogP) is 3.97. The van der Waals surface area contributed by atoms with Gasteiger partial charge in [-0.1, -0.05) is 18.2 Å². The van der Waals surface area contributed by atoms with E-state index >= 15 is 0 Å². The lowest BCUT2D eigenvalue weighted by molar-refractivity contribution is -0.114. The first kappa shape index (κ1) is 15.3. The Kier molecular flexibility index (Phi) is 4.75. The number of benzene rings is 2. The monoisotopic (exact) mass is 346 g/mol. The van der Waals surface area contributed by atoms with E-state index in [4.69, 9.17) is 0 Å². The third-order valence-electron chi connectivity index (χ3n) is 2.88. The molecule has 5 heteroatoms. The second-order valence-electron chi connectivity index (χ2n) is 4.65. The normalized spacial score (nSPS) is 10.0. The van der Waals surface area contributed by atoms with E-state index in [0.29, 0.717) is 16.9 Å². The van der Waals surface area contributed by atoms with Crippen LogP contribution in [0.15, 0.2) is 46.9 Å². The number of carbonyl (C=O) groups excluding carboxylic acids is 2. The Hall–Kier alpha value is -2.14. The number of anilines is 2. The Morgan fingerprint density at radius 3 is 2.29 bits per heavy atom. The van der Waals surface area contributed by atoms with Crippen LogP contribution in [0.2, 0.25) is 0 Å². The topological polar surface area (TPSA) is 58.2 Å². The van der Waals surface area contributed by atoms with Crippen LogP contribution < -0.4 is 10.6 Å². The van der Waals surface area contributed by atoms with E-state index < -0.39 is 0 Å². The highest BCUT2D eigenvalue weighted by molar-refractivity contribution is 9.10. The fourth-order valence-electron chi connectivity index (χ4n) is 1.90. The van der Waals surface area contributed by atoms with Gasteiger partial charge in [-0.3, -0.25) is 9.59 Å². The third kappa shape index (κ3) is 3.92. The van der Waals surface area contributed by atoms with Gasteiger partial charge in [0.25, 0.3) is 5.91 Å². The summed E-state index contributed by atoms with van der Waals surface area (Å²) in [5.74, 6) is -0.356. The summed E-state index contributed by atoms with van der Waals surface area (Å²) >= 11 is 3.42. The van der Waals surface area contributed by atoms with Crippen LogP contribution in [0.4, 0.5) is 11.4 Å². The summed E-state index contributed by atoms with van der Waals surface area (Å²) in [5, 5.41) is 5.50. The number of rotatable bonds is 3. The fourth-order valence-corrected chi connectivity index (χ4v) is 2.34. The van der Waals surface area contributed by atoms with Crippen LogP contribution in [0, 0.1) is 6.92 Å². The maximum absolute atomic E-state index is 12.3. The number of halogens is 1. The highest BCUT2D eigenvalue weighted by atomic mass is 79.9. The highest BCUT2D eigenvalue weighted by Gasteiger charge is 2.11. The number of carbonyl (C=O) groups is 2. The zero-order chi connectivity index (χ0) is 15.4. The fraction of sp³-hybridized carbons (Fsp3) is 0.125. The van der Waals surface area contributed by atoms with Gasteiger partial charge in [0, 0.05) is 22.8 Å². The van der Waals surface area contributed by atoms with Crippen molar-refractivity contribution in [3.05, 3.63) is 58.1 Å². The molecular weight excluding hydrogens is 332 g/mol. The lowest BCUT2D eigenvalue weighted by Gasteiger charge is -2.10. The van der Waals surface area contributed by atoms with Crippen LogP contribution in [0.3, 0.4) is 0 Å². The molecule has 0 radical (unpaired) electrons. The van der Waals surface area contributed by atoms with Crippen molar-refractivity contribution < 1.29 is 9.59 Å². The Labute approximate surface area is 131 Å². The smallest absolute Gasteiger partial charge is 0.256 e. The summed E-state index contributed by atoms with van der Waals surface area (Å²) in [6.45, 7) is 3.37. The van der Waals surface area contributed by atoms with E-state index in [9.17, 15) is 9.59 Å². The molecule has 2 N–H and O–H groups in total. The van der Waals surface area contributed by atoms with Crippen molar-refractivity contribution >= 4 is 39.1 Å². The number of hydrogen-bond acceptors (Lipinski definition) is 2. The molecule has 0 heterocycles. The van der Waals surface area contributed by atoms with E-state index in [2.05, 4.69) is 26.6 Å². The zero-order valence-electron chi connectivity index (χ0n) is 11.7. The summed E-state index contributed by atoms with van der Waals surface area (Å²) in [6.07, 6.45) is 0. The van der Waals surface area contributed by atoms with Crippen LogP contribution >= 0.6 is 15.9 Å². The molecule has 0 bridgehead atoms. The molecule has 2 aromatic rings. The molecule has 0 spiro atoms. The van der Waals surface area contributed by atoms with Crippen LogP contribution in [0.1, 0.15) is 22.8 Å². The number of hydrogen-bond donors (Lipinski definition) is 2. The molecule has 0 aromatic heterocycles. The van der Waals surface area contributed by atoms with E-state index in [-0.39, 0.29) is 11.8 Å². The van der Waals surface area contributed by atoms with Crippen molar-refractivity contribution in [1.82, 2.24) is 0 Å². The minimum absolute atomic E-state index is 0.153. The van der Waals surface area contributed by atoms with Crippen molar-refractivity contribution in [1.29, 1.82) is 0 Å². The van der Waals surface area contributed by atoms with Gasteiger partial charge >= 0.3 is 0 Å². The Balaban J connectivity index is 2.20. The van der Waals surface area contributed by atoms with Crippen LogP contribution in [-0.2, 0) is 4.79 Å².